The number of thiophene rings is 1. The van der Waals surface area contributed by atoms with E-state index in [1.807, 2.05) is 32.0 Å². The summed E-state index contributed by atoms with van der Waals surface area (Å²) in [6.07, 6.45) is 0.891. The average molecular weight is 327 g/mol. The van der Waals surface area contributed by atoms with E-state index in [9.17, 15) is 5.11 Å². The second-order valence-corrected chi connectivity index (χ2v) is 6.71. The van der Waals surface area contributed by atoms with Crippen LogP contribution >= 0.6 is 27.3 Å². The molecule has 0 saturated heterocycles. The molecule has 3 nitrogen and oxygen atoms in total. The zero-order valence-electron chi connectivity index (χ0n) is 10.4. The summed E-state index contributed by atoms with van der Waals surface area (Å²) in [6.45, 7) is 3.92. The van der Waals surface area contributed by atoms with Gasteiger partial charge >= 0.3 is 0 Å². The third-order valence-corrected chi connectivity index (χ3v) is 4.39. The maximum Gasteiger partial charge on any atom is 0.0857 e. The van der Waals surface area contributed by atoms with E-state index in [4.69, 9.17) is 0 Å². The van der Waals surface area contributed by atoms with Crippen molar-refractivity contribution in [2.75, 3.05) is 0 Å². The molecule has 0 fully saturated rings. The number of aromatic nitrogens is 2. The van der Waals surface area contributed by atoms with Crippen molar-refractivity contribution in [2.45, 2.75) is 32.8 Å². The van der Waals surface area contributed by atoms with Crippen LogP contribution in [0, 0.1) is 6.92 Å². The molecule has 2 heterocycles. The zero-order chi connectivity index (χ0) is 13.1. The zero-order valence-corrected chi connectivity index (χ0v) is 12.8. The van der Waals surface area contributed by atoms with Gasteiger partial charge in [-0.3, -0.25) is 0 Å². The number of nitrogens with zero attached hydrogens (tertiary/aromatic N) is 2. The molecule has 0 aliphatic carbocycles. The van der Waals surface area contributed by atoms with Crippen LogP contribution in [0.1, 0.15) is 34.9 Å². The lowest BCUT2D eigenvalue weighted by molar-refractivity contribution is 0.177. The molecule has 0 radical (unpaired) electrons. The lowest BCUT2D eigenvalue weighted by Crippen LogP contribution is -2.08. The molecular formula is C13H15BrN2OS. The van der Waals surface area contributed by atoms with Gasteiger partial charge in [0.25, 0.3) is 0 Å². The third-order valence-electron chi connectivity index (χ3n) is 2.74. The number of hydrogen-bond acceptors (Lipinski definition) is 4. The summed E-state index contributed by atoms with van der Waals surface area (Å²) in [4.78, 5) is 1.16. The van der Waals surface area contributed by atoms with Crippen LogP contribution in [0.3, 0.4) is 0 Å². The van der Waals surface area contributed by atoms with E-state index in [0.29, 0.717) is 6.42 Å². The van der Waals surface area contributed by atoms with Crippen LogP contribution in [0.25, 0.3) is 0 Å². The fraction of sp³-hybridized carbons (Fsp3) is 0.385. The summed E-state index contributed by atoms with van der Waals surface area (Å²) in [5.41, 5.74) is 2.62. The molecule has 0 aliphatic rings. The highest BCUT2D eigenvalue weighted by atomic mass is 79.9. The second kappa shape index (κ2) is 5.91. The molecular weight excluding hydrogens is 312 g/mol. The summed E-state index contributed by atoms with van der Waals surface area (Å²) in [7, 11) is 0. The van der Waals surface area contributed by atoms with Crippen LogP contribution in [0.15, 0.2) is 22.0 Å². The Balaban J connectivity index is 2.22. The van der Waals surface area contributed by atoms with Crippen molar-refractivity contribution in [3.8, 4) is 0 Å². The third kappa shape index (κ3) is 3.16. The first-order valence-corrected chi connectivity index (χ1v) is 7.46. The van der Waals surface area contributed by atoms with Crippen molar-refractivity contribution >= 4 is 27.3 Å². The van der Waals surface area contributed by atoms with Crippen molar-refractivity contribution in [3.05, 3.63) is 43.8 Å². The second-order valence-electron chi connectivity index (χ2n) is 4.17. The minimum Gasteiger partial charge on any atom is -0.388 e. The lowest BCUT2D eigenvalue weighted by Gasteiger charge is -2.13. The average Bonchev–Trinajstić information content (AvgIpc) is 2.74. The molecule has 0 aromatic carbocycles. The first kappa shape index (κ1) is 13.6. The maximum atomic E-state index is 10.3. The van der Waals surface area contributed by atoms with Crippen molar-refractivity contribution in [3.63, 3.8) is 0 Å². The Morgan fingerprint density at radius 3 is 2.78 bits per heavy atom. The summed E-state index contributed by atoms with van der Waals surface area (Å²) in [5.74, 6) is 0. The Bertz CT molecular complexity index is 542. The molecule has 1 atom stereocenters. The molecule has 0 bridgehead atoms. The van der Waals surface area contributed by atoms with Crippen molar-refractivity contribution in [2.24, 2.45) is 0 Å². The Morgan fingerprint density at radius 2 is 2.17 bits per heavy atom. The quantitative estimate of drug-likeness (QED) is 0.936. The first-order chi connectivity index (χ1) is 8.60. The molecule has 5 heteroatoms. The standard InChI is InChI=1S/C13H15BrN2OS/c1-3-11-10(6-8(2)15-16-11)12(17)7-9-4-5-13(14)18-9/h4-6,12,17H,3,7H2,1-2H3. The molecule has 2 aromatic rings. The number of aryl methyl sites for hydroxylation is 2. The number of hydrogen-bond donors (Lipinski definition) is 1. The van der Waals surface area contributed by atoms with Crippen LogP contribution < -0.4 is 0 Å². The molecule has 0 amide bonds. The SMILES string of the molecule is CCc1nnc(C)cc1C(O)Cc1ccc(Br)s1. The van der Waals surface area contributed by atoms with Crippen molar-refractivity contribution < 1.29 is 5.11 Å². The molecule has 18 heavy (non-hydrogen) atoms. The molecule has 2 aromatic heterocycles. The Kier molecular flexibility index (Phi) is 4.48. The monoisotopic (exact) mass is 326 g/mol. The van der Waals surface area contributed by atoms with Crippen LogP contribution in [0.4, 0.5) is 0 Å². The highest BCUT2D eigenvalue weighted by Crippen LogP contribution is 2.28. The van der Waals surface area contributed by atoms with Gasteiger partial charge in [-0.25, -0.2) is 0 Å². The molecule has 0 saturated carbocycles. The fourth-order valence-electron chi connectivity index (χ4n) is 1.86. The van der Waals surface area contributed by atoms with E-state index < -0.39 is 6.10 Å². The molecule has 1 unspecified atom stereocenters. The fourth-order valence-corrected chi connectivity index (χ4v) is 3.38. The Labute approximate surface area is 119 Å². The van der Waals surface area contributed by atoms with Gasteiger partial charge in [-0.2, -0.15) is 10.2 Å². The number of aliphatic hydroxyl groups is 1. The topological polar surface area (TPSA) is 46.0 Å². The highest BCUT2D eigenvalue weighted by Gasteiger charge is 2.15. The Morgan fingerprint density at radius 1 is 1.39 bits per heavy atom. The summed E-state index contributed by atoms with van der Waals surface area (Å²) >= 11 is 5.08. The van der Waals surface area contributed by atoms with Gasteiger partial charge in [-0.15, -0.1) is 11.3 Å². The summed E-state index contributed by atoms with van der Waals surface area (Å²) in [5, 5.41) is 18.5. The summed E-state index contributed by atoms with van der Waals surface area (Å²) < 4.78 is 1.09. The number of aliphatic hydroxyl groups excluding tert-OH is 1. The van der Waals surface area contributed by atoms with Crippen molar-refractivity contribution in [1.82, 2.24) is 10.2 Å². The molecule has 96 valence electrons. The molecule has 2 rings (SSSR count). The summed E-state index contributed by atoms with van der Waals surface area (Å²) in [6, 6.07) is 5.97. The van der Waals surface area contributed by atoms with Gasteiger partial charge in [0.15, 0.2) is 0 Å². The van der Waals surface area contributed by atoms with Gasteiger partial charge in [0, 0.05) is 16.9 Å². The predicted octanol–water partition coefficient (Wildman–Crippen LogP) is 3.45. The van der Waals surface area contributed by atoms with E-state index >= 15 is 0 Å². The van der Waals surface area contributed by atoms with E-state index in [2.05, 4.69) is 26.1 Å². The van der Waals surface area contributed by atoms with Crippen molar-refractivity contribution in [1.29, 1.82) is 0 Å². The largest absolute Gasteiger partial charge is 0.388 e. The van der Waals surface area contributed by atoms with Crippen LogP contribution in [-0.4, -0.2) is 15.3 Å². The molecule has 0 aliphatic heterocycles. The van der Waals surface area contributed by atoms with Gasteiger partial charge in [0.1, 0.15) is 0 Å². The van der Waals surface area contributed by atoms with E-state index in [1.54, 1.807) is 11.3 Å². The highest BCUT2D eigenvalue weighted by molar-refractivity contribution is 9.11. The van der Waals surface area contributed by atoms with Gasteiger partial charge in [0.2, 0.25) is 0 Å². The van der Waals surface area contributed by atoms with Crippen LogP contribution in [-0.2, 0) is 12.8 Å². The van der Waals surface area contributed by atoms with Gasteiger partial charge < -0.3 is 5.11 Å². The van der Waals surface area contributed by atoms with Crippen LogP contribution in [0.2, 0.25) is 0 Å². The number of halogens is 1. The van der Waals surface area contributed by atoms with E-state index in [-0.39, 0.29) is 0 Å². The van der Waals surface area contributed by atoms with Crippen LogP contribution in [0.5, 0.6) is 0 Å². The minimum atomic E-state index is -0.514. The Hall–Kier alpha value is -0.780. The van der Waals surface area contributed by atoms with E-state index in [1.165, 1.54) is 0 Å². The lowest BCUT2D eigenvalue weighted by atomic mass is 10.0. The van der Waals surface area contributed by atoms with Gasteiger partial charge in [-0.1, -0.05) is 6.92 Å². The maximum absolute atomic E-state index is 10.3. The molecule has 0 spiro atoms. The van der Waals surface area contributed by atoms with E-state index in [0.717, 1.165) is 32.0 Å². The molecule has 1 N–H and O–H groups in total. The normalized spacial score (nSPS) is 12.7. The number of rotatable bonds is 4. The first-order valence-electron chi connectivity index (χ1n) is 5.85. The van der Waals surface area contributed by atoms with Gasteiger partial charge in [-0.05, 0) is 47.5 Å². The smallest absolute Gasteiger partial charge is 0.0857 e. The minimum absolute atomic E-state index is 0.514. The predicted molar refractivity (Wildman–Crippen MR) is 76.8 cm³/mol. The van der Waals surface area contributed by atoms with Gasteiger partial charge in [0.05, 0.1) is 21.3 Å².